The summed E-state index contributed by atoms with van der Waals surface area (Å²) >= 11 is 0. The SMILES string of the molecule is O=C(NCCCc1ccccc1)c1ccnc(N2CCc3ccccc3C2)n1. The molecule has 142 valence electrons. The molecule has 1 N–H and O–H groups in total. The minimum atomic E-state index is -0.144. The molecule has 0 atom stereocenters. The lowest BCUT2D eigenvalue weighted by molar-refractivity contribution is 0.0948. The molecule has 0 saturated carbocycles. The Morgan fingerprint density at radius 1 is 1.00 bits per heavy atom. The number of fused-ring (bicyclic) bond motifs is 1. The molecule has 0 aliphatic carbocycles. The van der Waals surface area contributed by atoms with Gasteiger partial charge in [0.2, 0.25) is 5.95 Å². The summed E-state index contributed by atoms with van der Waals surface area (Å²) in [7, 11) is 0. The Balaban J connectivity index is 1.34. The molecule has 2 heterocycles. The van der Waals surface area contributed by atoms with E-state index in [1.165, 1.54) is 16.7 Å². The molecule has 0 radical (unpaired) electrons. The zero-order valence-corrected chi connectivity index (χ0v) is 15.8. The predicted octanol–water partition coefficient (Wildman–Crippen LogP) is 3.40. The Kier molecular flexibility index (Phi) is 5.61. The van der Waals surface area contributed by atoms with Crippen molar-refractivity contribution in [3.63, 3.8) is 0 Å². The molecule has 0 bridgehead atoms. The van der Waals surface area contributed by atoms with Crippen LogP contribution in [0, 0.1) is 0 Å². The van der Waals surface area contributed by atoms with Gasteiger partial charge in [0, 0.05) is 25.8 Å². The van der Waals surface area contributed by atoms with Gasteiger partial charge in [0.1, 0.15) is 5.69 Å². The lowest BCUT2D eigenvalue weighted by Crippen LogP contribution is -2.32. The van der Waals surface area contributed by atoms with Crippen molar-refractivity contribution < 1.29 is 4.79 Å². The highest BCUT2D eigenvalue weighted by atomic mass is 16.1. The number of amides is 1. The Labute approximate surface area is 165 Å². The van der Waals surface area contributed by atoms with E-state index in [-0.39, 0.29) is 5.91 Å². The van der Waals surface area contributed by atoms with E-state index >= 15 is 0 Å². The van der Waals surface area contributed by atoms with Crippen LogP contribution < -0.4 is 10.2 Å². The average molecular weight is 372 g/mol. The van der Waals surface area contributed by atoms with Gasteiger partial charge in [-0.05, 0) is 42.0 Å². The van der Waals surface area contributed by atoms with Crippen LogP contribution >= 0.6 is 0 Å². The van der Waals surface area contributed by atoms with E-state index in [1.807, 2.05) is 18.2 Å². The van der Waals surface area contributed by atoms with Gasteiger partial charge in [0.15, 0.2) is 0 Å². The number of nitrogens with zero attached hydrogens (tertiary/aromatic N) is 3. The third kappa shape index (κ3) is 4.36. The summed E-state index contributed by atoms with van der Waals surface area (Å²) in [6.07, 6.45) is 4.48. The normalized spacial score (nSPS) is 13.1. The van der Waals surface area contributed by atoms with Crippen molar-refractivity contribution in [2.45, 2.75) is 25.8 Å². The number of aromatic nitrogens is 2. The molecule has 5 heteroatoms. The van der Waals surface area contributed by atoms with Crippen molar-refractivity contribution >= 4 is 11.9 Å². The highest BCUT2D eigenvalue weighted by Gasteiger charge is 2.19. The smallest absolute Gasteiger partial charge is 0.270 e. The first-order valence-corrected chi connectivity index (χ1v) is 9.76. The Hall–Kier alpha value is -3.21. The highest BCUT2D eigenvalue weighted by Crippen LogP contribution is 2.21. The number of hydrogen-bond donors (Lipinski definition) is 1. The molecule has 4 rings (SSSR count). The third-order valence-electron chi connectivity index (χ3n) is 5.06. The quantitative estimate of drug-likeness (QED) is 0.674. The molecular weight excluding hydrogens is 348 g/mol. The van der Waals surface area contributed by atoms with Crippen LogP contribution in [-0.2, 0) is 19.4 Å². The van der Waals surface area contributed by atoms with Gasteiger partial charge in [-0.25, -0.2) is 9.97 Å². The van der Waals surface area contributed by atoms with Gasteiger partial charge in [0.05, 0.1) is 0 Å². The second kappa shape index (κ2) is 8.65. The molecule has 0 spiro atoms. The zero-order chi connectivity index (χ0) is 19.2. The number of benzene rings is 2. The molecule has 1 aliphatic rings. The second-order valence-electron chi connectivity index (χ2n) is 7.03. The third-order valence-corrected chi connectivity index (χ3v) is 5.06. The lowest BCUT2D eigenvalue weighted by atomic mass is 10.0. The molecule has 1 amide bonds. The van der Waals surface area contributed by atoms with Crippen molar-refractivity contribution in [2.24, 2.45) is 0 Å². The minimum Gasteiger partial charge on any atom is -0.351 e. The zero-order valence-electron chi connectivity index (χ0n) is 15.8. The van der Waals surface area contributed by atoms with Crippen LogP contribution in [0.1, 0.15) is 33.6 Å². The summed E-state index contributed by atoms with van der Waals surface area (Å²) in [5, 5.41) is 2.97. The standard InChI is InChI=1S/C23H24N4O/c28-22(24-14-6-9-18-7-2-1-3-8-18)21-12-15-25-23(26-21)27-16-13-19-10-4-5-11-20(19)17-27/h1-5,7-8,10-12,15H,6,9,13-14,16-17H2,(H,24,28). The van der Waals surface area contributed by atoms with Gasteiger partial charge < -0.3 is 10.2 Å². The largest absolute Gasteiger partial charge is 0.351 e. The summed E-state index contributed by atoms with van der Waals surface area (Å²) in [4.78, 5) is 23.5. The molecule has 0 saturated heterocycles. The molecule has 0 fully saturated rings. The average Bonchev–Trinajstić information content (AvgIpc) is 2.77. The van der Waals surface area contributed by atoms with E-state index in [4.69, 9.17) is 0 Å². The first kappa shape index (κ1) is 18.2. The highest BCUT2D eigenvalue weighted by molar-refractivity contribution is 5.92. The number of carbonyl (C=O) groups excluding carboxylic acids is 1. The number of anilines is 1. The fraction of sp³-hybridized carbons (Fsp3) is 0.261. The van der Waals surface area contributed by atoms with E-state index in [1.54, 1.807) is 12.3 Å². The Morgan fingerprint density at radius 3 is 2.64 bits per heavy atom. The van der Waals surface area contributed by atoms with Crippen LogP contribution in [0.3, 0.4) is 0 Å². The summed E-state index contributed by atoms with van der Waals surface area (Å²) in [6, 6.07) is 20.4. The van der Waals surface area contributed by atoms with E-state index in [2.05, 4.69) is 56.6 Å². The van der Waals surface area contributed by atoms with E-state index in [0.717, 1.165) is 32.4 Å². The molecule has 28 heavy (non-hydrogen) atoms. The fourth-order valence-electron chi connectivity index (χ4n) is 3.52. The Morgan fingerprint density at radius 2 is 1.79 bits per heavy atom. The number of carbonyl (C=O) groups is 1. The van der Waals surface area contributed by atoms with Gasteiger partial charge in [-0.15, -0.1) is 0 Å². The van der Waals surface area contributed by atoms with Gasteiger partial charge in [0.25, 0.3) is 5.91 Å². The lowest BCUT2D eigenvalue weighted by Gasteiger charge is -2.28. The van der Waals surface area contributed by atoms with Crippen LogP contribution in [0.4, 0.5) is 5.95 Å². The summed E-state index contributed by atoms with van der Waals surface area (Å²) in [5.41, 5.74) is 4.38. The van der Waals surface area contributed by atoms with Crippen LogP contribution in [0.25, 0.3) is 0 Å². The number of nitrogens with one attached hydrogen (secondary N) is 1. The summed E-state index contributed by atoms with van der Waals surface area (Å²) < 4.78 is 0. The van der Waals surface area contributed by atoms with Gasteiger partial charge in [-0.2, -0.15) is 0 Å². The monoisotopic (exact) mass is 372 g/mol. The van der Waals surface area contributed by atoms with E-state index in [9.17, 15) is 4.79 Å². The number of rotatable bonds is 6. The Bertz CT molecular complexity index is 942. The van der Waals surface area contributed by atoms with Crippen molar-refractivity contribution in [2.75, 3.05) is 18.0 Å². The fourth-order valence-corrected chi connectivity index (χ4v) is 3.52. The topological polar surface area (TPSA) is 58.1 Å². The molecule has 1 aromatic heterocycles. The molecular formula is C23H24N4O. The van der Waals surface area contributed by atoms with Gasteiger partial charge in [-0.3, -0.25) is 4.79 Å². The molecule has 3 aromatic rings. The maximum absolute atomic E-state index is 12.5. The predicted molar refractivity (Wildman–Crippen MR) is 110 cm³/mol. The maximum Gasteiger partial charge on any atom is 0.270 e. The summed E-state index contributed by atoms with van der Waals surface area (Å²) in [5.74, 6) is 0.473. The van der Waals surface area contributed by atoms with Crippen LogP contribution in [0.2, 0.25) is 0 Å². The number of hydrogen-bond acceptors (Lipinski definition) is 4. The van der Waals surface area contributed by atoms with Crippen LogP contribution in [0.15, 0.2) is 66.9 Å². The van der Waals surface area contributed by atoms with E-state index < -0.39 is 0 Å². The molecule has 0 unspecified atom stereocenters. The first-order valence-electron chi connectivity index (χ1n) is 9.76. The van der Waals surface area contributed by atoms with Crippen molar-refractivity contribution in [3.8, 4) is 0 Å². The van der Waals surface area contributed by atoms with Crippen molar-refractivity contribution in [1.82, 2.24) is 15.3 Å². The molecule has 1 aliphatic heterocycles. The van der Waals surface area contributed by atoms with Gasteiger partial charge in [-0.1, -0.05) is 54.6 Å². The minimum absolute atomic E-state index is 0.144. The summed E-state index contributed by atoms with van der Waals surface area (Å²) in [6.45, 7) is 2.27. The second-order valence-corrected chi connectivity index (χ2v) is 7.03. The molecule has 2 aromatic carbocycles. The van der Waals surface area contributed by atoms with Crippen LogP contribution in [0.5, 0.6) is 0 Å². The van der Waals surface area contributed by atoms with Crippen LogP contribution in [-0.4, -0.2) is 29.0 Å². The van der Waals surface area contributed by atoms with Crippen molar-refractivity contribution in [3.05, 3.63) is 89.2 Å². The maximum atomic E-state index is 12.5. The molecule has 5 nitrogen and oxygen atoms in total. The first-order chi connectivity index (χ1) is 13.8. The number of aryl methyl sites for hydroxylation is 1. The van der Waals surface area contributed by atoms with E-state index in [0.29, 0.717) is 18.2 Å². The van der Waals surface area contributed by atoms with Crippen molar-refractivity contribution in [1.29, 1.82) is 0 Å². The van der Waals surface area contributed by atoms with Gasteiger partial charge >= 0.3 is 0 Å².